The SMILES string of the molecule is CCCC1CC2(CCO1)OC(N)=NC2=O. The average Bonchev–Trinajstić information content (AvgIpc) is 2.42. The summed E-state index contributed by atoms with van der Waals surface area (Å²) in [6.45, 7) is 2.63. The van der Waals surface area contributed by atoms with Crippen LogP contribution in [0.3, 0.4) is 0 Å². The largest absolute Gasteiger partial charge is 0.448 e. The number of ether oxygens (including phenoxy) is 2. The summed E-state index contributed by atoms with van der Waals surface area (Å²) in [7, 11) is 0. The van der Waals surface area contributed by atoms with Gasteiger partial charge in [0, 0.05) is 12.8 Å². The monoisotopic (exact) mass is 212 g/mol. The van der Waals surface area contributed by atoms with Gasteiger partial charge in [0.15, 0.2) is 5.60 Å². The maximum atomic E-state index is 11.7. The molecule has 1 fully saturated rings. The Morgan fingerprint density at radius 2 is 2.47 bits per heavy atom. The zero-order valence-corrected chi connectivity index (χ0v) is 8.86. The molecule has 0 bridgehead atoms. The van der Waals surface area contributed by atoms with Gasteiger partial charge in [0.2, 0.25) is 0 Å². The number of amidine groups is 1. The number of nitrogens with zero attached hydrogens (tertiary/aromatic N) is 1. The molecule has 0 aromatic rings. The van der Waals surface area contributed by atoms with Gasteiger partial charge in [0.1, 0.15) is 0 Å². The Bertz CT molecular complexity index is 301. The number of carbonyl (C=O) groups is 1. The van der Waals surface area contributed by atoms with E-state index in [-0.39, 0.29) is 18.0 Å². The molecule has 2 heterocycles. The summed E-state index contributed by atoms with van der Waals surface area (Å²) in [5, 5.41) is 0. The molecule has 5 nitrogen and oxygen atoms in total. The minimum absolute atomic E-state index is 0.00264. The lowest BCUT2D eigenvalue weighted by Gasteiger charge is -2.34. The molecule has 84 valence electrons. The van der Waals surface area contributed by atoms with Crippen LogP contribution in [0, 0.1) is 0 Å². The fourth-order valence-corrected chi connectivity index (χ4v) is 2.18. The molecular weight excluding hydrogens is 196 g/mol. The lowest BCUT2D eigenvalue weighted by atomic mass is 9.88. The number of nitrogens with two attached hydrogens (primary N) is 1. The van der Waals surface area contributed by atoms with Crippen molar-refractivity contribution in [2.24, 2.45) is 10.7 Å². The van der Waals surface area contributed by atoms with Crippen LogP contribution in [0.1, 0.15) is 32.6 Å². The summed E-state index contributed by atoms with van der Waals surface area (Å²) in [6, 6.07) is -0.00264. The van der Waals surface area contributed by atoms with E-state index in [2.05, 4.69) is 11.9 Å². The smallest absolute Gasteiger partial charge is 0.294 e. The van der Waals surface area contributed by atoms with Gasteiger partial charge in [-0.3, -0.25) is 4.79 Å². The number of hydrogen-bond donors (Lipinski definition) is 1. The molecular formula is C10H16N2O3. The first-order valence-electron chi connectivity index (χ1n) is 5.35. The highest BCUT2D eigenvalue weighted by Crippen LogP contribution is 2.34. The molecule has 0 aromatic carbocycles. The standard InChI is InChI=1S/C10H16N2O3/c1-2-3-7-6-10(4-5-14-7)8(13)12-9(11)15-10/h7H,2-6H2,1H3,(H2,11,12,13). The molecule has 1 spiro atoms. The molecule has 2 aliphatic rings. The predicted octanol–water partition coefficient (Wildman–Crippen LogP) is 0.576. The number of carbonyl (C=O) groups excluding carboxylic acids is 1. The highest BCUT2D eigenvalue weighted by molar-refractivity contribution is 6.00. The van der Waals surface area contributed by atoms with Crippen molar-refractivity contribution in [3.8, 4) is 0 Å². The maximum Gasteiger partial charge on any atom is 0.294 e. The van der Waals surface area contributed by atoms with Crippen LogP contribution in [0.25, 0.3) is 0 Å². The van der Waals surface area contributed by atoms with Crippen LogP contribution in [0.5, 0.6) is 0 Å². The van der Waals surface area contributed by atoms with Gasteiger partial charge in [-0.05, 0) is 6.42 Å². The van der Waals surface area contributed by atoms with Gasteiger partial charge in [-0.15, -0.1) is 0 Å². The van der Waals surface area contributed by atoms with E-state index in [0.717, 1.165) is 12.8 Å². The second kappa shape index (κ2) is 3.81. The summed E-state index contributed by atoms with van der Waals surface area (Å²) < 4.78 is 10.9. The van der Waals surface area contributed by atoms with E-state index in [1.165, 1.54) is 0 Å². The van der Waals surface area contributed by atoms with Crippen LogP contribution in [-0.4, -0.2) is 30.2 Å². The van der Waals surface area contributed by atoms with Gasteiger partial charge in [-0.25, -0.2) is 0 Å². The normalized spacial score (nSPS) is 35.4. The van der Waals surface area contributed by atoms with Crippen molar-refractivity contribution in [1.29, 1.82) is 0 Å². The average molecular weight is 212 g/mol. The molecule has 15 heavy (non-hydrogen) atoms. The van der Waals surface area contributed by atoms with E-state index in [1.807, 2.05) is 0 Å². The van der Waals surface area contributed by atoms with E-state index in [4.69, 9.17) is 15.2 Å². The number of rotatable bonds is 2. The van der Waals surface area contributed by atoms with Crippen molar-refractivity contribution in [1.82, 2.24) is 0 Å². The van der Waals surface area contributed by atoms with Crippen LogP contribution in [0.2, 0.25) is 0 Å². The molecule has 0 aliphatic carbocycles. The quantitative estimate of drug-likeness (QED) is 0.726. The van der Waals surface area contributed by atoms with Gasteiger partial charge in [-0.2, -0.15) is 4.99 Å². The highest BCUT2D eigenvalue weighted by atomic mass is 16.5. The zero-order valence-electron chi connectivity index (χ0n) is 8.86. The van der Waals surface area contributed by atoms with Crippen molar-refractivity contribution in [2.45, 2.75) is 44.3 Å². The van der Waals surface area contributed by atoms with Gasteiger partial charge in [-0.1, -0.05) is 13.3 Å². The molecule has 2 atom stereocenters. The number of hydrogen-bond acceptors (Lipinski definition) is 4. The number of amides is 1. The van der Waals surface area contributed by atoms with Crippen LogP contribution in [0.4, 0.5) is 0 Å². The fourth-order valence-electron chi connectivity index (χ4n) is 2.18. The van der Waals surface area contributed by atoms with Crippen LogP contribution in [-0.2, 0) is 14.3 Å². The van der Waals surface area contributed by atoms with Gasteiger partial charge in [0.25, 0.3) is 11.9 Å². The lowest BCUT2D eigenvalue weighted by molar-refractivity contribution is -0.145. The van der Waals surface area contributed by atoms with Gasteiger partial charge < -0.3 is 15.2 Å². The summed E-state index contributed by atoms with van der Waals surface area (Å²) in [5.74, 6) is -0.246. The molecule has 2 rings (SSSR count). The first-order valence-corrected chi connectivity index (χ1v) is 5.35. The molecule has 2 aliphatic heterocycles. The van der Waals surface area contributed by atoms with E-state index in [0.29, 0.717) is 19.4 Å². The first kappa shape index (κ1) is 10.4. The van der Waals surface area contributed by atoms with E-state index in [9.17, 15) is 4.79 Å². The molecule has 5 heteroatoms. The van der Waals surface area contributed by atoms with Crippen molar-refractivity contribution < 1.29 is 14.3 Å². The molecule has 2 N–H and O–H groups in total. The summed E-state index contributed by atoms with van der Waals surface area (Å²) in [6.07, 6.45) is 3.19. The lowest BCUT2D eigenvalue weighted by Crippen LogP contribution is -2.46. The van der Waals surface area contributed by atoms with Gasteiger partial charge in [0.05, 0.1) is 12.7 Å². The van der Waals surface area contributed by atoms with Crippen LogP contribution >= 0.6 is 0 Å². The van der Waals surface area contributed by atoms with E-state index >= 15 is 0 Å². The Labute approximate surface area is 88.6 Å². The molecule has 1 saturated heterocycles. The Balaban J connectivity index is 2.07. The summed E-state index contributed by atoms with van der Waals surface area (Å²) in [4.78, 5) is 15.3. The van der Waals surface area contributed by atoms with E-state index in [1.54, 1.807) is 0 Å². The summed E-state index contributed by atoms with van der Waals surface area (Å²) in [5.41, 5.74) is 4.60. The molecule has 0 aromatic heterocycles. The zero-order chi connectivity index (χ0) is 10.9. The second-order valence-corrected chi connectivity index (χ2v) is 4.09. The van der Waals surface area contributed by atoms with Crippen molar-refractivity contribution in [2.75, 3.05) is 6.61 Å². The Morgan fingerprint density at radius 1 is 1.67 bits per heavy atom. The highest BCUT2D eigenvalue weighted by Gasteiger charge is 2.49. The third kappa shape index (κ3) is 1.84. The summed E-state index contributed by atoms with van der Waals surface area (Å²) >= 11 is 0. The van der Waals surface area contributed by atoms with Crippen molar-refractivity contribution in [3.05, 3.63) is 0 Å². The Kier molecular flexibility index (Phi) is 2.65. The maximum absolute atomic E-state index is 11.7. The molecule has 2 unspecified atom stereocenters. The Hall–Kier alpha value is -1.10. The minimum atomic E-state index is -0.817. The van der Waals surface area contributed by atoms with Crippen molar-refractivity contribution >= 4 is 11.9 Å². The Morgan fingerprint density at radius 3 is 3.07 bits per heavy atom. The van der Waals surface area contributed by atoms with Crippen molar-refractivity contribution in [3.63, 3.8) is 0 Å². The predicted molar refractivity (Wildman–Crippen MR) is 54.3 cm³/mol. The fraction of sp³-hybridized carbons (Fsp3) is 0.800. The van der Waals surface area contributed by atoms with Crippen LogP contribution < -0.4 is 5.73 Å². The minimum Gasteiger partial charge on any atom is -0.448 e. The van der Waals surface area contributed by atoms with E-state index < -0.39 is 5.60 Å². The third-order valence-corrected chi connectivity index (χ3v) is 2.93. The van der Waals surface area contributed by atoms with Crippen LogP contribution in [0.15, 0.2) is 4.99 Å². The number of aliphatic imine (C=N–C) groups is 1. The topological polar surface area (TPSA) is 73.9 Å². The van der Waals surface area contributed by atoms with Gasteiger partial charge >= 0.3 is 0 Å². The second-order valence-electron chi connectivity index (χ2n) is 4.09. The molecule has 1 amide bonds. The first-order chi connectivity index (χ1) is 7.16. The third-order valence-electron chi connectivity index (χ3n) is 2.93. The molecule has 0 saturated carbocycles. The molecule has 0 radical (unpaired) electrons.